The molecule has 2 aliphatic rings. The minimum absolute atomic E-state index is 0.0552. The van der Waals surface area contributed by atoms with Gasteiger partial charge in [0.1, 0.15) is 5.82 Å². The lowest BCUT2D eigenvalue weighted by Crippen LogP contribution is -2.49. The molecule has 0 spiro atoms. The fourth-order valence-corrected chi connectivity index (χ4v) is 4.23. The molecule has 1 aromatic rings. The molecule has 0 bridgehead atoms. The third-order valence-electron chi connectivity index (χ3n) is 6.14. The zero-order valence-electron chi connectivity index (χ0n) is 18.4. The number of amides is 3. The number of hydrogen-bond donors (Lipinski definition) is 3. The maximum atomic E-state index is 14.7. The quantitative estimate of drug-likeness (QED) is 0.595. The summed E-state index contributed by atoms with van der Waals surface area (Å²) in [6.07, 6.45) is 1.54. The van der Waals surface area contributed by atoms with E-state index in [-0.39, 0.29) is 30.2 Å². The van der Waals surface area contributed by atoms with Gasteiger partial charge in [-0.1, -0.05) is 13.0 Å². The van der Waals surface area contributed by atoms with Crippen molar-refractivity contribution in [2.75, 3.05) is 63.8 Å². The Kier molecular flexibility index (Phi) is 8.48. The summed E-state index contributed by atoms with van der Waals surface area (Å²) in [5.74, 6) is -0.525. The van der Waals surface area contributed by atoms with Crippen LogP contribution in [-0.2, 0) is 11.3 Å². The van der Waals surface area contributed by atoms with Crippen LogP contribution in [0.2, 0.25) is 0 Å². The minimum atomic E-state index is -0.258. The molecule has 3 rings (SSSR count). The maximum absolute atomic E-state index is 14.7. The smallest absolute Gasteiger partial charge is 0.317 e. The number of piperazine rings is 1. The highest BCUT2D eigenvalue weighted by Crippen LogP contribution is 2.22. The summed E-state index contributed by atoms with van der Waals surface area (Å²) in [5.41, 5.74) is 6.77. The van der Waals surface area contributed by atoms with Crippen molar-refractivity contribution in [3.63, 3.8) is 0 Å². The van der Waals surface area contributed by atoms with Crippen LogP contribution in [0.25, 0.3) is 0 Å². The Morgan fingerprint density at radius 3 is 2.61 bits per heavy atom. The molecule has 8 nitrogen and oxygen atoms in total. The minimum Gasteiger partial charge on any atom is -0.367 e. The number of piperidine rings is 1. The highest BCUT2D eigenvalue weighted by atomic mass is 19.1. The van der Waals surface area contributed by atoms with Crippen LogP contribution in [0.1, 0.15) is 25.3 Å². The topological polar surface area (TPSA) is 93.9 Å². The molecule has 2 heterocycles. The molecule has 2 saturated heterocycles. The van der Waals surface area contributed by atoms with Crippen molar-refractivity contribution in [2.24, 2.45) is 11.7 Å². The molecule has 1 unspecified atom stereocenters. The third kappa shape index (κ3) is 6.30. The summed E-state index contributed by atoms with van der Waals surface area (Å²) in [7, 11) is 0. The van der Waals surface area contributed by atoms with Gasteiger partial charge >= 0.3 is 6.03 Å². The van der Waals surface area contributed by atoms with Crippen LogP contribution in [-0.4, -0.2) is 80.6 Å². The van der Waals surface area contributed by atoms with Crippen LogP contribution < -0.4 is 21.3 Å². The molecule has 2 aliphatic heterocycles. The van der Waals surface area contributed by atoms with E-state index in [4.69, 9.17) is 5.73 Å². The average Bonchev–Trinajstić information content (AvgIpc) is 2.81. The van der Waals surface area contributed by atoms with Gasteiger partial charge in [-0.3, -0.25) is 4.79 Å². The van der Waals surface area contributed by atoms with E-state index in [0.29, 0.717) is 31.9 Å². The number of carbonyl (C=O) groups excluding carboxylic acids is 2. The van der Waals surface area contributed by atoms with Crippen molar-refractivity contribution in [2.45, 2.75) is 26.3 Å². The maximum Gasteiger partial charge on any atom is 0.317 e. The van der Waals surface area contributed by atoms with Gasteiger partial charge in [0, 0.05) is 58.9 Å². The molecule has 0 radical (unpaired) electrons. The van der Waals surface area contributed by atoms with Crippen molar-refractivity contribution in [3.05, 3.63) is 29.6 Å². The third-order valence-corrected chi connectivity index (χ3v) is 6.14. The largest absolute Gasteiger partial charge is 0.367 e. The lowest BCUT2D eigenvalue weighted by atomic mass is 9.97. The van der Waals surface area contributed by atoms with Gasteiger partial charge in [0.05, 0.1) is 11.6 Å². The van der Waals surface area contributed by atoms with Gasteiger partial charge in [0.25, 0.3) is 0 Å². The summed E-state index contributed by atoms with van der Waals surface area (Å²) in [6.45, 7) is 8.76. The number of likely N-dealkylation sites (N-methyl/N-ethyl adjacent to an activating group) is 1. The summed E-state index contributed by atoms with van der Waals surface area (Å²) in [5, 5.41) is 5.65. The fourth-order valence-electron chi connectivity index (χ4n) is 4.23. The summed E-state index contributed by atoms with van der Waals surface area (Å²) >= 11 is 0. The SMILES string of the molecule is CCN1CCN(c2ccc(CNC(=O)N3CCCC(C(=O)NCCN)C3)cc2F)CC1. The molecule has 1 aromatic carbocycles. The predicted octanol–water partition coefficient (Wildman–Crippen LogP) is 0.964. The van der Waals surface area contributed by atoms with Gasteiger partial charge in [0.15, 0.2) is 0 Å². The van der Waals surface area contributed by atoms with E-state index in [1.807, 2.05) is 6.07 Å². The number of likely N-dealkylation sites (tertiary alicyclic amines) is 1. The number of nitrogens with zero attached hydrogens (tertiary/aromatic N) is 3. The highest BCUT2D eigenvalue weighted by Gasteiger charge is 2.28. The molecule has 0 saturated carbocycles. The first kappa shape index (κ1) is 23.3. The Labute approximate surface area is 183 Å². The predicted molar refractivity (Wildman–Crippen MR) is 119 cm³/mol. The monoisotopic (exact) mass is 434 g/mol. The second-order valence-electron chi connectivity index (χ2n) is 8.23. The van der Waals surface area contributed by atoms with E-state index in [2.05, 4.69) is 27.4 Å². The number of nitrogens with two attached hydrogens (primary N) is 1. The number of halogens is 1. The fraction of sp³-hybridized carbons (Fsp3) is 0.636. The molecule has 3 amide bonds. The van der Waals surface area contributed by atoms with E-state index >= 15 is 0 Å². The Morgan fingerprint density at radius 1 is 1.16 bits per heavy atom. The Balaban J connectivity index is 1.50. The number of rotatable bonds is 7. The molecule has 1 atom stereocenters. The lowest BCUT2D eigenvalue weighted by Gasteiger charge is -2.35. The van der Waals surface area contributed by atoms with Crippen LogP contribution in [0.15, 0.2) is 18.2 Å². The second-order valence-corrected chi connectivity index (χ2v) is 8.23. The molecule has 31 heavy (non-hydrogen) atoms. The van der Waals surface area contributed by atoms with Gasteiger partial charge in [-0.15, -0.1) is 0 Å². The first-order valence-electron chi connectivity index (χ1n) is 11.3. The Bertz CT molecular complexity index is 754. The van der Waals surface area contributed by atoms with Crippen LogP contribution in [0.5, 0.6) is 0 Å². The molecular weight excluding hydrogens is 399 g/mol. The molecule has 0 aliphatic carbocycles. The van der Waals surface area contributed by atoms with E-state index < -0.39 is 0 Å². The molecule has 9 heteroatoms. The molecule has 172 valence electrons. The highest BCUT2D eigenvalue weighted by molar-refractivity contribution is 5.80. The normalized spacial score (nSPS) is 19.9. The number of nitrogens with one attached hydrogen (secondary N) is 2. The van der Waals surface area contributed by atoms with Gasteiger partial charge in [-0.05, 0) is 37.1 Å². The number of hydrogen-bond acceptors (Lipinski definition) is 5. The molecule has 2 fully saturated rings. The van der Waals surface area contributed by atoms with E-state index in [1.54, 1.807) is 11.0 Å². The number of carbonyl (C=O) groups is 2. The lowest BCUT2D eigenvalue weighted by molar-refractivity contribution is -0.126. The Morgan fingerprint density at radius 2 is 1.94 bits per heavy atom. The van der Waals surface area contributed by atoms with Crippen LogP contribution in [0.4, 0.5) is 14.9 Å². The summed E-state index contributed by atoms with van der Waals surface area (Å²) in [6, 6.07) is 4.94. The van der Waals surface area contributed by atoms with E-state index in [1.165, 1.54) is 6.07 Å². The van der Waals surface area contributed by atoms with Gasteiger partial charge < -0.3 is 31.1 Å². The summed E-state index contributed by atoms with van der Waals surface area (Å²) < 4.78 is 14.7. The number of anilines is 1. The van der Waals surface area contributed by atoms with Crippen molar-refractivity contribution in [3.8, 4) is 0 Å². The van der Waals surface area contributed by atoms with E-state index in [0.717, 1.165) is 51.1 Å². The second kappa shape index (κ2) is 11.3. The van der Waals surface area contributed by atoms with Crippen molar-refractivity contribution in [1.29, 1.82) is 0 Å². The number of benzene rings is 1. The van der Waals surface area contributed by atoms with Crippen molar-refractivity contribution < 1.29 is 14.0 Å². The van der Waals surface area contributed by atoms with Crippen LogP contribution in [0.3, 0.4) is 0 Å². The van der Waals surface area contributed by atoms with Gasteiger partial charge in [-0.25, -0.2) is 9.18 Å². The zero-order valence-corrected chi connectivity index (χ0v) is 18.4. The first-order chi connectivity index (χ1) is 15.0. The summed E-state index contributed by atoms with van der Waals surface area (Å²) in [4.78, 5) is 30.8. The van der Waals surface area contributed by atoms with Crippen LogP contribution in [0, 0.1) is 11.7 Å². The van der Waals surface area contributed by atoms with Gasteiger partial charge in [0.2, 0.25) is 5.91 Å². The first-order valence-corrected chi connectivity index (χ1v) is 11.3. The van der Waals surface area contributed by atoms with Gasteiger partial charge in [-0.2, -0.15) is 0 Å². The molecular formula is C22H35FN6O2. The van der Waals surface area contributed by atoms with Crippen molar-refractivity contribution >= 4 is 17.6 Å². The van der Waals surface area contributed by atoms with E-state index in [9.17, 15) is 14.0 Å². The molecule has 4 N–H and O–H groups in total. The Hall–Kier alpha value is -2.39. The standard InChI is InChI=1S/C22H35FN6O2/c1-2-27-10-12-28(13-11-27)20-6-5-17(14-19(20)23)15-26-22(31)29-9-3-4-18(16-29)21(30)25-8-7-24/h5-6,14,18H,2-4,7-13,15-16,24H2,1H3,(H,25,30)(H,26,31). The molecule has 0 aromatic heterocycles. The van der Waals surface area contributed by atoms with Crippen LogP contribution >= 0.6 is 0 Å². The number of urea groups is 1. The average molecular weight is 435 g/mol. The zero-order chi connectivity index (χ0) is 22.2. The van der Waals surface area contributed by atoms with Crippen molar-refractivity contribution in [1.82, 2.24) is 20.4 Å².